The molecule has 3 rings (SSSR count). The summed E-state index contributed by atoms with van der Waals surface area (Å²) in [4.78, 5) is 4.11. The molecule has 0 saturated heterocycles. The van der Waals surface area contributed by atoms with Gasteiger partial charge in [-0.2, -0.15) is 5.10 Å². The summed E-state index contributed by atoms with van der Waals surface area (Å²) in [6.07, 6.45) is 3.31. The summed E-state index contributed by atoms with van der Waals surface area (Å²) < 4.78 is 15.9. The predicted molar refractivity (Wildman–Crippen MR) is 71.6 cm³/mol. The third kappa shape index (κ3) is 1.98. The van der Waals surface area contributed by atoms with E-state index in [9.17, 15) is 4.39 Å². The van der Waals surface area contributed by atoms with E-state index in [0.29, 0.717) is 12.1 Å². The van der Waals surface area contributed by atoms with E-state index in [0.717, 1.165) is 10.9 Å². The van der Waals surface area contributed by atoms with Crippen molar-refractivity contribution in [2.45, 2.75) is 6.54 Å². The van der Waals surface area contributed by atoms with Crippen LogP contribution in [-0.4, -0.2) is 21.8 Å². The molecule has 2 heterocycles. The Kier molecular flexibility index (Phi) is 2.97. The SMILES string of the molecule is CNCc1ccnc(-n2ncc3ccccc32)c1F. The zero-order valence-electron chi connectivity index (χ0n) is 10.5. The second-order valence-electron chi connectivity index (χ2n) is 4.25. The van der Waals surface area contributed by atoms with Crippen molar-refractivity contribution in [3.8, 4) is 5.82 Å². The van der Waals surface area contributed by atoms with Crippen LogP contribution in [-0.2, 0) is 6.54 Å². The fraction of sp³-hybridized carbons (Fsp3) is 0.143. The van der Waals surface area contributed by atoms with Crippen LogP contribution in [0.25, 0.3) is 16.7 Å². The number of rotatable bonds is 3. The molecule has 0 amide bonds. The summed E-state index contributed by atoms with van der Waals surface area (Å²) >= 11 is 0. The molecule has 0 aliphatic rings. The molecule has 1 N–H and O–H groups in total. The minimum atomic E-state index is -0.342. The first-order valence-electron chi connectivity index (χ1n) is 6.02. The molecule has 0 unspecified atom stereocenters. The highest BCUT2D eigenvalue weighted by atomic mass is 19.1. The minimum Gasteiger partial charge on any atom is -0.316 e. The van der Waals surface area contributed by atoms with E-state index in [-0.39, 0.29) is 11.6 Å². The van der Waals surface area contributed by atoms with E-state index < -0.39 is 0 Å². The summed E-state index contributed by atoms with van der Waals surface area (Å²) in [6.45, 7) is 0.459. The van der Waals surface area contributed by atoms with Crippen molar-refractivity contribution in [1.29, 1.82) is 0 Å². The van der Waals surface area contributed by atoms with E-state index in [1.165, 1.54) is 4.68 Å². The Balaban J connectivity index is 2.19. The highest BCUT2D eigenvalue weighted by Gasteiger charge is 2.13. The van der Waals surface area contributed by atoms with Gasteiger partial charge in [-0.1, -0.05) is 18.2 Å². The monoisotopic (exact) mass is 256 g/mol. The van der Waals surface area contributed by atoms with Gasteiger partial charge < -0.3 is 5.32 Å². The van der Waals surface area contributed by atoms with E-state index in [2.05, 4.69) is 15.4 Å². The van der Waals surface area contributed by atoms with Gasteiger partial charge in [0.25, 0.3) is 0 Å². The third-order valence-corrected chi connectivity index (χ3v) is 3.00. The van der Waals surface area contributed by atoms with Crippen molar-refractivity contribution >= 4 is 10.9 Å². The Labute approximate surface area is 109 Å². The van der Waals surface area contributed by atoms with Gasteiger partial charge in [0.2, 0.25) is 0 Å². The van der Waals surface area contributed by atoms with Crippen LogP contribution >= 0.6 is 0 Å². The number of benzene rings is 1. The highest BCUT2D eigenvalue weighted by molar-refractivity contribution is 5.79. The first kappa shape index (κ1) is 11.8. The normalized spacial score (nSPS) is 11.1. The van der Waals surface area contributed by atoms with Crippen LogP contribution in [0, 0.1) is 5.82 Å². The predicted octanol–water partition coefficient (Wildman–Crippen LogP) is 2.28. The van der Waals surface area contributed by atoms with Gasteiger partial charge in [-0.05, 0) is 19.2 Å². The smallest absolute Gasteiger partial charge is 0.190 e. The highest BCUT2D eigenvalue weighted by Crippen LogP contribution is 2.20. The van der Waals surface area contributed by atoms with Crippen LogP contribution in [0.4, 0.5) is 4.39 Å². The average molecular weight is 256 g/mol. The molecule has 3 aromatic rings. The first-order chi connectivity index (χ1) is 9.31. The number of nitrogens with one attached hydrogen (secondary N) is 1. The lowest BCUT2D eigenvalue weighted by Gasteiger charge is -2.07. The molecule has 19 heavy (non-hydrogen) atoms. The van der Waals surface area contributed by atoms with Crippen LogP contribution in [0.2, 0.25) is 0 Å². The molecular weight excluding hydrogens is 243 g/mol. The standard InChI is InChI=1S/C14H13FN4/c1-16-8-11-6-7-17-14(13(11)15)19-12-5-3-2-4-10(12)9-18-19/h2-7,9,16H,8H2,1H3. The van der Waals surface area contributed by atoms with Gasteiger partial charge >= 0.3 is 0 Å². The van der Waals surface area contributed by atoms with Gasteiger partial charge in [0.05, 0.1) is 11.7 Å². The molecule has 0 radical (unpaired) electrons. The molecule has 0 atom stereocenters. The number of nitrogens with zero attached hydrogens (tertiary/aromatic N) is 3. The zero-order valence-corrected chi connectivity index (χ0v) is 10.5. The van der Waals surface area contributed by atoms with Gasteiger partial charge in [0.1, 0.15) is 0 Å². The van der Waals surface area contributed by atoms with Crippen LogP contribution in [0.15, 0.2) is 42.7 Å². The fourth-order valence-corrected chi connectivity index (χ4v) is 2.09. The second kappa shape index (κ2) is 4.78. The lowest BCUT2D eigenvalue weighted by molar-refractivity contribution is 0.579. The number of aromatic nitrogens is 3. The number of pyridine rings is 1. The maximum absolute atomic E-state index is 14.4. The first-order valence-corrected chi connectivity index (χ1v) is 6.02. The molecule has 0 bridgehead atoms. The number of hydrogen-bond acceptors (Lipinski definition) is 3. The van der Waals surface area contributed by atoms with Crippen LogP contribution < -0.4 is 5.32 Å². The number of fused-ring (bicyclic) bond motifs is 1. The van der Waals surface area contributed by atoms with Crippen molar-refractivity contribution in [3.05, 3.63) is 54.1 Å². The van der Waals surface area contributed by atoms with Crippen molar-refractivity contribution in [2.75, 3.05) is 7.05 Å². The van der Waals surface area contributed by atoms with Gasteiger partial charge in [-0.25, -0.2) is 14.1 Å². The molecule has 0 aliphatic carbocycles. The maximum Gasteiger partial charge on any atom is 0.190 e. The van der Waals surface area contributed by atoms with Crippen LogP contribution in [0.1, 0.15) is 5.56 Å². The average Bonchev–Trinajstić information content (AvgIpc) is 2.85. The summed E-state index contributed by atoms with van der Waals surface area (Å²) in [5.41, 5.74) is 1.42. The van der Waals surface area contributed by atoms with Gasteiger partial charge in [-0.3, -0.25) is 0 Å². The van der Waals surface area contributed by atoms with E-state index in [1.807, 2.05) is 24.3 Å². The van der Waals surface area contributed by atoms with Gasteiger partial charge in [0, 0.05) is 23.7 Å². The van der Waals surface area contributed by atoms with Crippen molar-refractivity contribution in [3.63, 3.8) is 0 Å². The summed E-state index contributed by atoms with van der Waals surface area (Å²) in [5.74, 6) is -0.111. The molecule has 96 valence electrons. The molecule has 2 aromatic heterocycles. The molecule has 0 aliphatic heterocycles. The summed E-state index contributed by atoms with van der Waals surface area (Å²) in [5, 5.41) is 8.12. The number of hydrogen-bond donors (Lipinski definition) is 1. The van der Waals surface area contributed by atoms with Crippen molar-refractivity contribution in [2.24, 2.45) is 0 Å². The van der Waals surface area contributed by atoms with Crippen molar-refractivity contribution < 1.29 is 4.39 Å². The number of para-hydroxylation sites is 1. The largest absolute Gasteiger partial charge is 0.316 e. The molecular formula is C14H13FN4. The summed E-state index contributed by atoms with van der Waals surface area (Å²) in [7, 11) is 1.78. The summed E-state index contributed by atoms with van der Waals surface area (Å²) in [6, 6.07) is 9.33. The molecule has 5 heteroatoms. The Bertz CT molecular complexity index is 720. The Hall–Kier alpha value is -2.27. The Morgan fingerprint density at radius 3 is 2.95 bits per heavy atom. The molecule has 1 aromatic carbocycles. The van der Waals surface area contributed by atoms with Crippen LogP contribution in [0.3, 0.4) is 0 Å². The minimum absolute atomic E-state index is 0.231. The zero-order chi connectivity index (χ0) is 13.2. The molecule has 4 nitrogen and oxygen atoms in total. The van der Waals surface area contributed by atoms with Gasteiger partial charge in [0.15, 0.2) is 11.6 Å². The Morgan fingerprint density at radius 2 is 2.11 bits per heavy atom. The molecule has 0 fully saturated rings. The fourth-order valence-electron chi connectivity index (χ4n) is 2.09. The topological polar surface area (TPSA) is 42.7 Å². The van der Waals surface area contributed by atoms with E-state index >= 15 is 0 Å². The van der Waals surface area contributed by atoms with E-state index in [1.54, 1.807) is 25.5 Å². The maximum atomic E-state index is 14.4. The van der Waals surface area contributed by atoms with Crippen LogP contribution in [0.5, 0.6) is 0 Å². The lowest BCUT2D eigenvalue weighted by atomic mass is 10.2. The lowest BCUT2D eigenvalue weighted by Crippen LogP contribution is -2.11. The second-order valence-corrected chi connectivity index (χ2v) is 4.25. The van der Waals surface area contributed by atoms with E-state index in [4.69, 9.17) is 0 Å². The quantitative estimate of drug-likeness (QED) is 0.781. The molecule has 0 saturated carbocycles. The number of halogens is 1. The third-order valence-electron chi connectivity index (χ3n) is 3.00. The van der Waals surface area contributed by atoms with Crippen molar-refractivity contribution in [1.82, 2.24) is 20.1 Å². The van der Waals surface area contributed by atoms with Gasteiger partial charge in [-0.15, -0.1) is 0 Å². The Morgan fingerprint density at radius 1 is 1.26 bits per heavy atom. The molecule has 0 spiro atoms.